The summed E-state index contributed by atoms with van der Waals surface area (Å²) in [5.41, 5.74) is 11.3. The Bertz CT molecular complexity index is 982. The van der Waals surface area contributed by atoms with E-state index in [1.807, 2.05) is 17.9 Å². The second-order valence-electron chi connectivity index (χ2n) is 8.64. The lowest BCUT2D eigenvalue weighted by Gasteiger charge is -2.38. The summed E-state index contributed by atoms with van der Waals surface area (Å²) < 4.78 is 3.98. The van der Waals surface area contributed by atoms with Crippen LogP contribution in [0.4, 0.5) is 5.69 Å². The van der Waals surface area contributed by atoms with Crippen LogP contribution in [0, 0.1) is 6.92 Å². The molecule has 1 aliphatic heterocycles. The van der Waals surface area contributed by atoms with E-state index < -0.39 is 0 Å². The molecule has 7 nitrogen and oxygen atoms in total. The number of nitrogens with zero attached hydrogens (tertiary/aromatic N) is 6. The molecule has 0 radical (unpaired) electrons. The van der Waals surface area contributed by atoms with Crippen molar-refractivity contribution in [3.8, 4) is 0 Å². The number of pyridine rings is 1. The third-order valence-electron chi connectivity index (χ3n) is 5.67. The summed E-state index contributed by atoms with van der Waals surface area (Å²) in [5.74, 6) is 0. The van der Waals surface area contributed by atoms with Crippen molar-refractivity contribution in [3.05, 3.63) is 35.4 Å². The predicted octanol–water partition coefficient (Wildman–Crippen LogP) is 2.90. The van der Waals surface area contributed by atoms with Gasteiger partial charge in [-0.2, -0.15) is 10.2 Å². The molecule has 0 spiro atoms. The Kier molecular flexibility index (Phi) is 4.87. The molecule has 0 bridgehead atoms. The van der Waals surface area contributed by atoms with E-state index in [9.17, 15) is 0 Å². The zero-order valence-electron chi connectivity index (χ0n) is 17.4. The van der Waals surface area contributed by atoms with Crippen molar-refractivity contribution in [2.45, 2.75) is 58.5 Å². The Morgan fingerprint density at radius 3 is 2.82 bits per heavy atom. The van der Waals surface area contributed by atoms with Gasteiger partial charge in [-0.1, -0.05) is 20.3 Å². The molecule has 0 atom stereocenters. The average Bonchev–Trinajstić information content (AvgIpc) is 3.22. The van der Waals surface area contributed by atoms with Gasteiger partial charge in [0, 0.05) is 49.6 Å². The standard InChI is InChI=1S/C21H31N7/c1-15-10-18(17-11-23-26(4)20(17)24-15)27-12-16-13-28(9-7-5-6-8-22)25-19(16)21(2,3)14-27/h10-11,13H,5-9,12,14,22H2,1-4H3. The maximum Gasteiger partial charge on any atom is 0.159 e. The van der Waals surface area contributed by atoms with Gasteiger partial charge in [0.15, 0.2) is 5.65 Å². The lowest BCUT2D eigenvalue weighted by molar-refractivity contribution is 0.453. The third kappa shape index (κ3) is 3.39. The monoisotopic (exact) mass is 381 g/mol. The highest BCUT2D eigenvalue weighted by Crippen LogP contribution is 2.37. The van der Waals surface area contributed by atoms with Gasteiger partial charge in [0.25, 0.3) is 0 Å². The number of unbranched alkanes of at least 4 members (excludes halogenated alkanes) is 2. The Hall–Kier alpha value is -2.41. The molecule has 0 fully saturated rings. The number of rotatable bonds is 6. The van der Waals surface area contributed by atoms with Crippen LogP contribution in [0.2, 0.25) is 0 Å². The third-order valence-corrected chi connectivity index (χ3v) is 5.67. The molecule has 4 rings (SSSR count). The molecule has 150 valence electrons. The van der Waals surface area contributed by atoms with Crippen LogP contribution in [0.3, 0.4) is 0 Å². The van der Waals surface area contributed by atoms with Crippen LogP contribution in [0.1, 0.15) is 50.1 Å². The minimum Gasteiger partial charge on any atom is -0.365 e. The average molecular weight is 382 g/mol. The maximum absolute atomic E-state index is 5.61. The largest absolute Gasteiger partial charge is 0.365 e. The smallest absolute Gasteiger partial charge is 0.159 e. The minimum absolute atomic E-state index is 0.0121. The van der Waals surface area contributed by atoms with Gasteiger partial charge >= 0.3 is 0 Å². The molecule has 0 amide bonds. The fourth-order valence-electron chi connectivity index (χ4n) is 4.32. The topological polar surface area (TPSA) is 77.8 Å². The molecule has 1 aliphatic rings. The molecular weight excluding hydrogens is 350 g/mol. The zero-order chi connectivity index (χ0) is 19.9. The number of aromatic nitrogens is 5. The van der Waals surface area contributed by atoms with E-state index in [1.54, 1.807) is 0 Å². The van der Waals surface area contributed by atoms with Gasteiger partial charge in [-0.25, -0.2) is 4.98 Å². The summed E-state index contributed by atoms with van der Waals surface area (Å²) in [5, 5.41) is 10.5. The van der Waals surface area contributed by atoms with Crippen LogP contribution in [-0.2, 0) is 25.6 Å². The van der Waals surface area contributed by atoms with Gasteiger partial charge < -0.3 is 10.6 Å². The summed E-state index contributed by atoms with van der Waals surface area (Å²) in [4.78, 5) is 7.13. The Morgan fingerprint density at radius 1 is 1.21 bits per heavy atom. The molecule has 0 aromatic carbocycles. The summed E-state index contributed by atoms with van der Waals surface area (Å²) in [7, 11) is 1.95. The maximum atomic E-state index is 5.61. The molecule has 3 aromatic rings. The molecule has 2 N–H and O–H groups in total. The zero-order valence-corrected chi connectivity index (χ0v) is 17.4. The summed E-state index contributed by atoms with van der Waals surface area (Å²) in [6, 6.07) is 2.18. The van der Waals surface area contributed by atoms with Crippen molar-refractivity contribution < 1.29 is 0 Å². The second kappa shape index (κ2) is 7.20. The molecule has 0 saturated carbocycles. The Balaban J connectivity index is 1.64. The van der Waals surface area contributed by atoms with E-state index in [0.717, 1.165) is 62.2 Å². The number of hydrogen-bond donors (Lipinski definition) is 1. The summed E-state index contributed by atoms with van der Waals surface area (Å²) in [6.07, 6.45) is 7.54. The van der Waals surface area contributed by atoms with Gasteiger partial charge in [-0.3, -0.25) is 9.36 Å². The number of anilines is 1. The van der Waals surface area contributed by atoms with E-state index in [-0.39, 0.29) is 5.41 Å². The molecule has 0 unspecified atom stereocenters. The van der Waals surface area contributed by atoms with E-state index in [2.05, 4.69) is 52.7 Å². The van der Waals surface area contributed by atoms with Crippen LogP contribution in [0.15, 0.2) is 18.5 Å². The van der Waals surface area contributed by atoms with E-state index in [1.165, 1.54) is 16.9 Å². The number of aryl methyl sites for hydroxylation is 3. The normalized spacial score (nSPS) is 16.0. The molecule has 3 aromatic heterocycles. The number of fused-ring (bicyclic) bond motifs is 2. The van der Waals surface area contributed by atoms with Crippen molar-refractivity contribution in [1.29, 1.82) is 0 Å². The lowest BCUT2D eigenvalue weighted by atomic mass is 9.83. The summed E-state index contributed by atoms with van der Waals surface area (Å²) in [6.45, 7) is 10.2. The minimum atomic E-state index is -0.0121. The first-order valence-corrected chi connectivity index (χ1v) is 10.2. The molecule has 28 heavy (non-hydrogen) atoms. The van der Waals surface area contributed by atoms with Crippen molar-refractivity contribution in [2.75, 3.05) is 18.0 Å². The highest BCUT2D eigenvalue weighted by Gasteiger charge is 2.35. The van der Waals surface area contributed by atoms with E-state index in [4.69, 9.17) is 10.8 Å². The van der Waals surface area contributed by atoms with Crippen molar-refractivity contribution in [3.63, 3.8) is 0 Å². The van der Waals surface area contributed by atoms with Crippen LogP contribution in [-0.4, -0.2) is 37.6 Å². The van der Waals surface area contributed by atoms with Gasteiger partial charge in [0.1, 0.15) is 0 Å². The van der Waals surface area contributed by atoms with Crippen molar-refractivity contribution in [2.24, 2.45) is 12.8 Å². The second-order valence-corrected chi connectivity index (χ2v) is 8.64. The Morgan fingerprint density at radius 2 is 2.04 bits per heavy atom. The van der Waals surface area contributed by atoms with E-state index >= 15 is 0 Å². The van der Waals surface area contributed by atoms with Gasteiger partial charge in [-0.15, -0.1) is 0 Å². The van der Waals surface area contributed by atoms with Crippen molar-refractivity contribution in [1.82, 2.24) is 24.5 Å². The summed E-state index contributed by atoms with van der Waals surface area (Å²) >= 11 is 0. The lowest BCUT2D eigenvalue weighted by Crippen LogP contribution is -2.42. The predicted molar refractivity (Wildman–Crippen MR) is 112 cm³/mol. The van der Waals surface area contributed by atoms with Crippen LogP contribution in [0.5, 0.6) is 0 Å². The molecule has 7 heteroatoms. The first-order valence-electron chi connectivity index (χ1n) is 10.2. The highest BCUT2D eigenvalue weighted by molar-refractivity contribution is 5.89. The highest BCUT2D eigenvalue weighted by atomic mass is 15.3. The van der Waals surface area contributed by atoms with Crippen molar-refractivity contribution >= 4 is 16.7 Å². The van der Waals surface area contributed by atoms with Crippen LogP contribution in [0.25, 0.3) is 11.0 Å². The molecule has 4 heterocycles. The fraction of sp³-hybridized carbons (Fsp3) is 0.571. The first kappa shape index (κ1) is 18.9. The fourth-order valence-corrected chi connectivity index (χ4v) is 4.32. The van der Waals surface area contributed by atoms with Gasteiger partial charge in [-0.05, 0) is 32.4 Å². The van der Waals surface area contributed by atoms with Gasteiger partial charge in [0.2, 0.25) is 0 Å². The van der Waals surface area contributed by atoms with Crippen LogP contribution < -0.4 is 10.6 Å². The SMILES string of the molecule is Cc1cc(N2Cc3cn(CCCCCN)nc3C(C)(C)C2)c2cnn(C)c2n1. The number of nitrogens with two attached hydrogens (primary N) is 1. The molecular formula is C21H31N7. The molecule has 0 aliphatic carbocycles. The van der Waals surface area contributed by atoms with E-state index in [0.29, 0.717) is 0 Å². The van der Waals surface area contributed by atoms with Gasteiger partial charge in [0.05, 0.1) is 23.0 Å². The van der Waals surface area contributed by atoms with Crippen LogP contribution >= 0.6 is 0 Å². The first-order chi connectivity index (χ1) is 13.4. The Labute approximate surface area is 166 Å². The number of hydrogen-bond acceptors (Lipinski definition) is 5. The molecule has 0 saturated heterocycles. The quantitative estimate of drug-likeness (QED) is 0.664.